The molecule has 1 saturated heterocycles. The van der Waals surface area contributed by atoms with E-state index in [9.17, 15) is 30.3 Å². The lowest BCUT2D eigenvalue weighted by atomic mass is 9.99. The minimum absolute atomic E-state index is 0.178. The number of carbonyl (C=O) groups excluding carboxylic acids is 1. The number of amides is 1. The van der Waals surface area contributed by atoms with E-state index in [1.54, 1.807) is 6.08 Å². The molecule has 1 rings (SSSR count). The van der Waals surface area contributed by atoms with E-state index in [0.29, 0.717) is 6.42 Å². The van der Waals surface area contributed by atoms with E-state index in [1.165, 1.54) is 180 Å². The van der Waals surface area contributed by atoms with E-state index in [1.807, 2.05) is 6.08 Å². The molecule has 9 heteroatoms. The van der Waals surface area contributed by atoms with E-state index in [-0.39, 0.29) is 12.5 Å². The Kier molecular flexibility index (Phi) is 39.4. The van der Waals surface area contributed by atoms with E-state index in [4.69, 9.17) is 9.47 Å². The van der Waals surface area contributed by atoms with Gasteiger partial charge in [0.2, 0.25) is 5.91 Å². The molecule has 7 atom stereocenters. The molecule has 0 aromatic carbocycles. The molecule has 0 bridgehead atoms. The average molecular weight is 852 g/mol. The normalized spacial score (nSPS) is 20.7. The molecule has 1 fully saturated rings. The summed E-state index contributed by atoms with van der Waals surface area (Å²) >= 11 is 0. The Morgan fingerprint density at radius 1 is 0.550 bits per heavy atom. The lowest BCUT2D eigenvalue weighted by molar-refractivity contribution is -0.302. The Balaban J connectivity index is 2.22. The van der Waals surface area contributed by atoms with Crippen molar-refractivity contribution in [3.05, 3.63) is 24.3 Å². The fourth-order valence-corrected chi connectivity index (χ4v) is 8.15. The van der Waals surface area contributed by atoms with Crippen LogP contribution in [-0.4, -0.2) is 87.5 Å². The van der Waals surface area contributed by atoms with E-state index >= 15 is 0 Å². The van der Waals surface area contributed by atoms with Gasteiger partial charge in [0.1, 0.15) is 24.4 Å². The third-order valence-corrected chi connectivity index (χ3v) is 12.3. The van der Waals surface area contributed by atoms with Gasteiger partial charge in [-0.05, 0) is 44.9 Å². The molecule has 0 aliphatic carbocycles. The highest BCUT2D eigenvalue weighted by atomic mass is 16.7. The number of ether oxygens (including phenoxy) is 2. The number of aliphatic hydroxyl groups excluding tert-OH is 5. The van der Waals surface area contributed by atoms with Crippen LogP contribution in [0.15, 0.2) is 24.3 Å². The summed E-state index contributed by atoms with van der Waals surface area (Å²) in [7, 11) is 0. The van der Waals surface area contributed by atoms with Crippen molar-refractivity contribution in [2.45, 2.75) is 281 Å². The Labute approximate surface area is 369 Å². The molecule has 0 spiro atoms. The summed E-state index contributed by atoms with van der Waals surface area (Å²) in [6, 6.07) is -0.802. The van der Waals surface area contributed by atoms with Gasteiger partial charge in [0.05, 0.1) is 25.4 Å². The summed E-state index contributed by atoms with van der Waals surface area (Å²) < 4.78 is 11.2. The minimum atomic E-state index is -1.56. The maximum absolute atomic E-state index is 13.0. The van der Waals surface area contributed by atoms with Gasteiger partial charge in [0.15, 0.2) is 6.29 Å². The summed E-state index contributed by atoms with van der Waals surface area (Å²) in [5.74, 6) is -0.178. The second kappa shape index (κ2) is 41.7. The summed E-state index contributed by atoms with van der Waals surface area (Å²) in [5.41, 5.74) is 0. The molecule has 0 aromatic rings. The van der Waals surface area contributed by atoms with E-state index in [2.05, 4.69) is 31.3 Å². The van der Waals surface area contributed by atoms with Crippen molar-refractivity contribution in [1.82, 2.24) is 5.32 Å². The zero-order valence-corrected chi connectivity index (χ0v) is 39.0. The quantitative estimate of drug-likeness (QED) is 0.0262. The van der Waals surface area contributed by atoms with Crippen LogP contribution in [0.4, 0.5) is 0 Å². The van der Waals surface area contributed by atoms with Gasteiger partial charge in [0, 0.05) is 6.42 Å². The molecule has 60 heavy (non-hydrogen) atoms. The fourth-order valence-electron chi connectivity index (χ4n) is 8.15. The van der Waals surface area contributed by atoms with Gasteiger partial charge < -0.3 is 40.3 Å². The van der Waals surface area contributed by atoms with Crippen LogP contribution in [0.25, 0.3) is 0 Å². The monoisotopic (exact) mass is 852 g/mol. The van der Waals surface area contributed by atoms with E-state index in [0.717, 1.165) is 38.5 Å². The smallest absolute Gasteiger partial charge is 0.220 e. The average Bonchev–Trinajstić information content (AvgIpc) is 3.25. The van der Waals surface area contributed by atoms with Gasteiger partial charge in [0.25, 0.3) is 0 Å². The third kappa shape index (κ3) is 31.5. The molecule has 7 unspecified atom stereocenters. The molecule has 354 valence electrons. The largest absolute Gasteiger partial charge is 0.394 e. The first-order chi connectivity index (χ1) is 29.3. The molecular weight excluding hydrogens is 755 g/mol. The number of carbonyl (C=O) groups is 1. The van der Waals surface area contributed by atoms with Crippen LogP contribution in [0, 0.1) is 0 Å². The van der Waals surface area contributed by atoms with Gasteiger partial charge in [-0.2, -0.15) is 0 Å². The van der Waals surface area contributed by atoms with E-state index < -0.39 is 49.5 Å². The maximum Gasteiger partial charge on any atom is 0.220 e. The maximum atomic E-state index is 13.0. The molecular formula is C51H97NO8. The molecule has 0 radical (unpaired) electrons. The number of nitrogens with one attached hydrogen (secondary N) is 1. The molecule has 6 N–H and O–H groups in total. The third-order valence-electron chi connectivity index (χ3n) is 12.3. The van der Waals surface area contributed by atoms with Crippen molar-refractivity contribution in [3.8, 4) is 0 Å². The zero-order valence-electron chi connectivity index (χ0n) is 39.0. The molecule has 1 aliphatic rings. The van der Waals surface area contributed by atoms with Gasteiger partial charge in [-0.3, -0.25) is 4.79 Å². The highest BCUT2D eigenvalue weighted by molar-refractivity contribution is 5.76. The van der Waals surface area contributed by atoms with Crippen LogP contribution >= 0.6 is 0 Å². The summed E-state index contributed by atoms with van der Waals surface area (Å²) in [5, 5.41) is 54.2. The molecule has 1 aliphatic heterocycles. The van der Waals surface area contributed by atoms with Crippen molar-refractivity contribution < 1.29 is 39.8 Å². The lowest BCUT2D eigenvalue weighted by Gasteiger charge is -2.40. The Bertz CT molecular complexity index is 992. The second-order valence-electron chi connectivity index (χ2n) is 18.0. The van der Waals surface area contributed by atoms with Crippen LogP contribution in [0.3, 0.4) is 0 Å². The van der Waals surface area contributed by atoms with Crippen LogP contribution in [0.2, 0.25) is 0 Å². The first-order valence-corrected chi connectivity index (χ1v) is 25.6. The van der Waals surface area contributed by atoms with Crippen molar-refractivity contribution in [1.29, 1.82) is 0 Å². The number of hydrogen-bond acceptors (Lipinski definition) is 8. The first-order valence-electron chi connectivity index (χ1n) is 25.6. The Hall–Kier alpha value is -1.33. The Morgan fingerprint density at radius 3 is 1.35 bits per heavy atom. The van der Waals surface area contributed by atoms with Gasteiger partial charge in [-0.15, -0.1) is 0 Å². The zero-order chi connectivity index (χ0) is 43.7. The predicted octanol–water partition coefficient (Wildman–Crippen LogP) is 11.5. The molecule has 1 heterocycles. The number of rotatable bonds is 43. The summed E-state index contributed by atoms with van der Waals surface area (Å²) in [6.45, 7) is 3.78. The van der Waals surface area contributed by atoms with Crippen LogP contribution < -0.4 is 5.32 Å². The van der Waals surface area contributed by atoms with Crippen LogP contribution in [0.1, 0.15) is 239 Å². The standard InChI is InChI=1S/C51H97NO8/c1-3-5-7-9-11-13-15-17-18-19-20-21-22-23-24-25-26-27-28-29-31-33-35-37-39-41-47(55)52-44(43-59-51-50(58)49(57)48(56)46(42-53)60-51)45(54)40-38-36-34-32-30-16-14-12-10-8-6-4-2/h23-24,38,40,44-46,48-51,53-54,56-58H,3-22,25-37,39,41-43H2,1-2H3,(H,52,55)/b24-23-,40-38+. The van der Waals surface area contributed by atoms with Crippen molar-refractivity contribution in [2.24, 2.45) is 0 Å². The highest BCUT2D eigenvalue weighted by Crippen LogP contribution is 2.23. The SMILES string of the molecule is CCCCCCCCCCCC/C=C/C(O)C(COC1OC(CO)C(O)C(O)C1O)NC(=O)CCCCCCCCCCC/C=C\CCCCCCCCCCCCCC. The van der Waals surface area contributed by atoms with Gasteiger partial charge >= 0.3 is 0 Å². The lowest BCUT2D eigenvalue weighted by Crippen LogP contribution is -2.60. The topological polar surface area (TPSA) is 149 Å². The molecule has 1 amide bonds. The van der Waals surface area contributed by atoms with Crippen molar-refractivity contribution >= 4 is 5.91 Å². The molecule has 0 aromatic heterocycles. The van der Waals surface area contributed by atoms with Crippen LogP contribution in [-0.2, 0) is 14.3 Å². The number of allylic oxidation sites excluding steroid dienone is 3. The number of aliphatic hydroxyl groups is 5. The van der Waals surface area contributed by atoms with Gasteiger partial charge in [-0.25, -0.2) is 0 Å². The predicted molar refractivity (Wildman–Crippen MR) is 249 cm³/mol. The van der Waals surface area contributed by atoms with Crippen molar-refractivity contribution in [3.63, 3.8) is 0 Å². The fraction of sp³-hybridized carbons (Fsp3) is 0.902. The second-order valence-corrected chi connectivity index (χ2v) is 18.0. The summed E-state index contributed by atoms with van der Waals surface area (Å²) in [4.78, 5) is 13.0. The van der Waals surface area contributed by atoms with Crippen molar-refractivity contribution in [2.75, 3.05) is 13.2 Å². The minimum Gasteiger partial charge on any atom is -0.394 e. The van der Waals surface area contributed by atoms with Gasteiger partial charge in [-0.1, -0.05) is 212 Å². The Morgan fingerprint density at radius 2 is 0.933 bits per heavy atom. The molecule has 9 nitrogen and oxygen atoms in total. The highest BCUT2D eigenvalue weighted by Gasteiger charge is 2.44. The first kappa shape index (κ1) is 56.7. The number of unbranched alkanes of at least 4 members (excludes halogenated alkanes) is 31. The number of hydrogen-bond donors (Lipinski definition) is 6. The summed E-state index contributed by atoms with van der Waals surface area (Å²) in [6.07, 6.45) is 43.8. The van der Waals surface area contributed by atoms with Crippen LogP contribution in [0.5, 0.6) is 0 Å². The molecule has 0 saturated carbocycles.